The quantitative estimate of drug-likeness (QED) is 0.431. The van der Waals surface area contributed by atoms with E-state index in [0.29, 0.717) is 0 Å². The van der Waals surface area contributed by atoms with Crippen molar-refractivity contribution in [1.29, 1.82) is 0 Å². The first-order valence-electron chi connectivity index (χ1n) is 6.47. The number of ether oxygens (including phenoxy) is 1. The van der Waals surface area contributed by atoms with Crippen LogP contribution in [0.2, 0.25) is 0 Å². The van der Waals surface area contributed by atoms with Crippen LogP contribution in [0, 0.1) is 5.41 Å². The summed E-state index contributed by atoms with van der Waals surface area (Å²) in [6, 6.07) is 0. The third-order valence-electron chi connectivity index (χ3n) is 2.79. The monoisotopic (exact) mass is 384 g/mol. The minimum absolute atomic E-state index is 0.316. The number of esters is 1. The van der Waals surface area contributed by atoms with Crippen LogP contribution in [-0.2, 0) is 9.53 Å². The lowest BCUT2D eigenvalue weighted by Crippen LogP contribution is -2.45. The smallest absolute Gasteiger partial charge is 0.358 e. The van der Waals surface area contributed by atoms with Crippen molar-refractivity contribution in [3.05, 3.63) is 0 Å². The zero-order valence-electron chi connectivity index (χ0n) is 12.1. The van der Waals surface area contributed by atoms with E-state index in [1.54, 1.807) is 0 Å². The van der Waals surface area contributed by atoms with Crippen LogP contribution in [0.5, 0.6) is 0 Å². The van der Waals surface area contributed by atoms with Gasteiger partial charge in [-0.05, 0) is 6.42 Å². The summed E-state index contributed by atoms with van der Waals surface area (Å²) >= 11 is 29.2. The van der Waals surface area contributed by atoms with Gasteiger partial charge in [0.2, 0.25) is 0 Å². The zero-order valence-corrected chi connectivity index (χ0v) is 15.8. The molecule has 0 bridgehead atoms. The Morgan fingerprint density at radius 1 is 1.15 bits per heavy atom. The molecule has 0 N–H and O–H groups in total. The van der Waals surface area contributed by atoms with Crippen LogP contribution < -0.4 is 0 Å². The van der Waals surface area contributed by atoms with Gasteiger partial charge in [-0.2, -0.15) is 0 Å². The lowest BCUT2D eigenvalue weighted by molar-refractivity contribution is -0.153. The normalized spacial score (nSPS) is 17.4. The largest absolute Gasteiger partial charge is 0.457 e. The van der Waals surface area contributed by atoms with Crippen LogP contribution >= 0.6 is 58.0 Å². The van der Waals surface area contributed by atoms with Crippen LogP contribution in [0.1, 0.15) is 47.0 Å². The molecule has 0 spiro atoms. The molecule has 0 rings (SSSR count). The Labute approximate surface area is 146 Å². The van der Waals surface area contributed by atoms with Crippen LogP contribution in [0.3, 0.4) is 0 Å². The number of alkyl halides is 5. The summed E-state index contributed by atoms with van der Waals surface area (Å²) in [6.07, 6.45) is 2.06. The first-order valence-corrected chi connectivity index (χ1v) is 8.47. The molecule has 0 aromatic rings. The van der Waals surface area contributed by atoms with Gasteiger partial charge in [-0.15, -0.1) is 23.2 Å². The van der Waals surface area contributed by atoms with Crippen molar-refractivity contribution in [2.45, 2.75) is 67.6 Å². The second kappa shape index (κ2) is 8.53. The molecule has 0 unspecified atom stereocenters. The average molecular weight is 387 g/mol. The Morgan fingerprint density at radius 3 is 2.00 bits per heavy atom. The fourth-order valence-electron chi connectivity index (χ4n) is 1.65. The van der Waals surface area contributed by atoms with Crippen molar-refractivity contribution < 1.29 is 9.53 Å². The van der Waals surface area contributed by atoms with Crippen molar-refractivity contribution in [2.75, 3.05) is 0 Å². The van der Waals surface area contributed by atoms with Gasteiger partial charge in [-0.3, -0.25) is 0 Å². The molecular weight excluding hydrogens is 365 g/mol. The third-order valence-corrected chi connectivity index (χ3v) is 4.40. The highest BCUT2D eigenvalue weighted by molar-refractivity contribution is 6.75. The number of unbranched alkanes of at least 4 members (excludes halogenated alkanes) is 1. The highest BCUT2D eigenvalue weighted by atomic mass is 35.6. The van der Waals surface area contributed by atoms with Gasteiger partial charge in [-0.25, -0.2) is 4.79 Å². The molecule has 3 atom stereocenters. The highest BCUT2D eigenvalue weighted by Gasteiger charge is 2.42. The molecule has 0 aliphatic heterocycles. The summed E-state index contributed by atoms with van der Waals surface area (Å²) in [4.78, 5) is 11.7. The Balaban J connectivity index is 4.94. The maximum Gasteiger partial charge on any atom is 0.358 e. The van der Waals surface area contributed by atoms with Gasteiger partial charge in [0.1, 0.15) is 6.10 Å². The Bertz CT molecular complexity index is 309. The average Bonchev–Trinajstić information content (AvgIpc) is 2.28. The van der Waals surface area contributed by atoms with Gasteiger partial charge in [-0.1, -0.05) is 75.3 Å². The van der Waals surface area contributed by atoms with E-state index in [1.807, 2.05) is 20.8 Å². The van der Waals surface area contributed by atoms with Gasteiger partial charge in [0, 0.05) is 5.41 Å². The van der Waals surface area contributed by atoms with Gasteiger partial charge in [0.15, 0.2) is 0 Å². The van der Waals surface area contributed by atoms with Gasteiger partial charge in [0.05, 0.1) is 10.8 Å². The maximum atomic E-state index is 11.7. The van der Waals surface area contributed by atoms with Crippen LogP contribution in [0.4, 0.5) is 0 Å². The van der Waals surface area contributed by atoms with Crippen LogP contribution in [-0.4, -0.2) is 26.6 Å². The molecule has 0 aliphatic carbocycles. The zero-order chi connectivity index (χ0) is 16.1. The molecule has 0 aliphatic rings. The number of rotatable bonds is 6. The van der Waals surface area contributed by atoms with E-state index >= 15 is 0 Å². The van der Waals surface area contributed by atoms with Crippen molar-refractivity contribution in [1.82, 2.24) is 0 Å². The minimum atomic E-state index is -2.12. The van der Waals surface area contributed by atoms with E-state index in [-0.39, 0.29) is 5.38 Å². The SMILES string of the molecule is CCCC[C@H](Cl)[C@@H](Cl)[C@H](OC(=O)C(Cl)(Cl)Cl)C(C)(C)C. The molecule has 0 saturated carbocycles. The number of carbonyl (C=O) groups is 1. The number of halogens is 5. The number of carbonyl (C=O) groups excluding carboxylic acids is 1. The molecule has 7 heteroatoms. The summed E-state index contributed by atoms with van der Waals surface area (Å²) in [7, 11) is 0. The predicted molar refractivity (Wildman–Crippen MR) is 88.4 cm³/mol. The first-order chi connectivity index (χ1) is 8.91. The van der Waals surface area contributed by atoms with E-state index in [4.69, 9.17) is 62.7 Å². The van der Waals surface area contributed by atoms with Gasteiger partial charge >= 0.3 is 5.97 Å². The van der Waals surface area contributed by atoms with Crippen LogP contribution in [0.25, 0.3) is 0 Å². The summed E-state index contributed by atoms with van der Waals surface area (Å²) in [6.45, 7) is 7.74. The lowest BCUT2D eigenvalue weighted by Gasteiger charge is -2.36. The van der Waals surface area contributed by atoms with E-state index in [0.717, 1.165) is 19.3 Å². The lowest BCUT2D eigenvalue weighted by atomic mass is 9.85. The Hall–Kier alpha value is 0.920. The van der Waals surface area contributed by atoms with Crippen LogP contribution in [0.15, 0.2) is 0 Å². The second-order valence-electron chi connectivity index (χ2n) is 5.79. The molecular formula is C13H21Cl5O2. The predicted octanol–water partition coefficient (Wildman–Crippen LogP) is 5.72. The van der Waals surface area contributed by atoms with E-state index in [9.17, 15) is 4.79 Å². The molecule has 0 aromatic carbocycles. The topological polar surface area (TPSA) is 26.3 Å². The molecule has 0 amide bonds. The fourth-order valence-corrected chi connectivity index (χ4v) is 2.63. The molecule has 20 heavy (non-hydrogen) atoms. The molecule has 0 radical (unpaired) electrons. The minimum Gasteiger partial charge on any atom is -0.457 e. The second-order valence-corrected chi connectivity index (χ2v) is 9.14. The first kappa shape index (κ1) is 20.9. The van der Waals surface area contributed by atoms with Crippen molar-refractivity contribution in [3.63, 3.8) is 0 Å². The molecule has 0 heterocycles. The van der Waals surface area contributed by atoms with E-state index in [2.05, 4.69) is 6.92 Å². The summed E-state index contributed by atoms with van der Waals surface area (Å²) in [5.74, 6) is -0.938. The summed E-state index contributed by atoms with van der Waals surface area (Å²) in [5.41, 5.74) is -0.419. The van der Waals surface area contributed by atoms with Gasteiger partial charge < -0.3 is 4.74 Å². The maximum absolute atomic E-state index is 11.7. The summed E-state index contributed by atoms with van der Waals surface area (Å²) in [5, 5.41) is -0.872. The van der Waals surface area contributed by atoms with Gasteiger partial charge in [0.25, 0.3) is 3.79 Å². The van der Waals surface area contributed by atoms with E-state index in [1.165, 1.54) is 0 Å². The fraction of sp³-hybridized carbons (Fsp3) is 0.923. The Morgan fingerprint density at radius 2 is 1.65 bits per heavy atom. The highest BCUT2D eigenvalue weighted by Crippen LogP contribution is 2.36. The Kier molecular flexibility index (Phi) is 8.92. The molecule has 120 valence electrons. The third kappa shape index (κ3) is 7.26. The number of hydrogen-bond donors (Lipinski definition) is 0. The standard InChI is InChI=1S/C13H21Cl5O2/c1-5-6-7-8(14)9(15)10(12(2,3)4)20-11(19)13(16,17)18/h8-10H,5-7H2,1-4H3/t8-,9+,10-/m0/s1. The summed E-state index contributed by atoms with van der Waals surface area (Å²) < 4.78 is 3.17. The van der Waals surface area contributed by atoms with Crippen molar-refractivity contribution in [3.8, 4) is 0 Å². The molecule has 0 saturated heterocycles. The molecule has 0 fully saturated rings. The molecule has 2 nitrogen and oxygen atoms in total. The molecule has 0 aromatic heterocycles. The van der Waals surface area contributed by atoms with Crippen molar-refractivity contribution >= 4 is 64.0 Å². The van der Waals surface area contributed by atoms with E-state index < -0.39 is 26.7 Å². The van der Waals surface area contributed by atoms with Crippen molar-refractivity contribution in [2.24, 2.45) is 5.41 Å². The number of hydrogen-bond acceptors (Lipinski definition) is 2.